The summed E-state index contributed by atoms with van der Waals surface area (Å²) in [5.74, 6) is 6.46. The molecular weight excluding hydrogens is 349 g/mol. The standard InChI is InChI=1S/C16H13Cl2N5O/c1-10-20-15(23(19)11-6-3-2-4-7-11)21-16(24)22(10)14-12(17)8-5-9-13(14)18/h2-9H,19H2,1H3. The lowest BCUT2D eigenvalue weighted by Gasteiger charge is -2.18. The van der Waals surface area contributed by atoms with E-state index < -0.39 is 5.69 Å². The van der Waals surface area contributed by atoms with Crippen molar-refractivity contribution in [3.8, 4) is 5.69 Å². The maximum Gasteiger partial charge on any atom is 0.357 e. The molecule has 0 fully saturated rings. The van der Waals surface area contributed by atoms with Crippen LogP contribution in [0, 0.1) is 6.92 Å². The predicted molar refractivity (Wildman–Crippen MR) is 95.2 cm³/mol. The number of nitrogens with zero attached hydrogens (tertiary/aromatic N) is 4. The van der Waals surface area contributed by atoms with Crippen LogP contribution in [0.5, 0.6) is 0 Å². The summed E-state index contributed by atoms with van der Waals surface area (Å²) in [6, 6.07) is 14.1. The third-order valence-corrected chi connectivity index (χ3v) is 3.99. The van der Waals surface area contributed by atoms with E-state index in [0.29, 0.717) is 27.2 Å². The van der Waals surface area contributed by atoms with E-state index in [9.17, 15) is 4.79 Å². The Balaban J connectivity index is 2.12. The first-order valence-corrected chi connectivity index (χ1v) is 7.76. The summed E-state index contributed by atoms with van der Waals surface area (Å²) in [4.78, 5) is 20.8. The highest BCUT2D eigenvalue weighted by molar-refractivity contribution is 6.37. The molecule has 1 heterocycles. The van der Waals surface area contributed by atoms with E-state index in [1.165, 1.54) is 9.58 Å². The zero-order valence-corrected chi connectivity index (χ0v) is 14.2. The van der Waals surface area contributed by atoms with Crippen LogP contribution >= 0.6 is 23.2 Å². The molecule has 24 heavy (non-hydrogen) atoms. The lowest BCUT2D eigenvalue weighted by Crippen LogP contribution is -2.33. The SMILES string of the molecule is Cc1nc(N(N)c2ccccc2)nc(=O)n1-c1c(Cl)cccc1Cl. The molecular formula is C16H13Cl2N5O. The first-order valence-electron chi connectivity index (χ1n) is 7.01. The van der Waals surface area contributed by atoms with Gasteiger partial charge in [0.2, 0.25) is 0 Å². The molecule has 122 valence electrons. The molecule has 0 spiro atoms. The molecule has 6 nitrogen and oxygen atoms in total. The molecule has 0 atom stereocenters. The van der Waals surface area contributed by atoms with Gasteiger partial charge < -0.3 is 0 Å². The number of hydrogen-bond acceptors (Lipinski definition) is 5. The van der Waals surface area contributed by atoms with Gasteiger partial charge in [0.05, 0.1) is 21.4 Å². The van der Waals surface area contributed by atoms with E-state index in [4.69, 9.17) is 29.0 Å². The Morgan fingerprint density at radius 1 is 1.00 bits per heavy atom. The minimum absolute atomic E-state index is 0.0862. The molecule has 0 saturated carbocycles. The lowest BCUT2D eigenvalue weighted by atomic mass is 10.3. The quantitative estimate of drug-likeness (QED) is 0.572. The summed E-state index contributed by atoms with van der Waals surface area (Å²) >= 11 is 12.3. The largest absolute Gasteiger partial charge is 0.357 e. The third-order valence-electron chi connectivity index (χ3n) is 3.38. The molecule has 0 unspecified atom stereocenters. The van der Waals surface area contributed by atoms with Crippen molar-refractivity contribution < 1.29 is 0 Å². The maximum absolute atomic E-state index is 12.5. The fourth-order valence-electron chi connectivity index (χ4n) is 2.27. The van der Waals surface area contributed by atoms with Gasteiger partial charge in [-0.2, -0.15) is 9.97 Å². The van der Waals surface area contributed by atoms with Crippen LogP contribution in [0.25, 0.3) is 5.69 Å². The number of anilines is 2. The maximum atomic E-state index is 12.5. The second-order valence-electron chi connectivity index (χ2n) is 4.96. The lowest BCUT2D eigenvalue weighted by molar-refractivity contribution is 0.792. The Bertz CT molecular complexity index is 923. The molecule has 2 aromatic carbocycles. The second kappa shape index (κ2) is 6.60. The van der Waals surface area contributed by atoms with Gasteiger partial charge in [-0.05, 0) is 31.2 Å². The first kappa shape index (κ1) is 16.4. The van der Waals surface area contributed by atoms with E-state index in [2.05, 4.69) is 9.97 Å². The number of benzene rings is 2. The van der Waals surface area contributed by atoms with Crippen molar-refractivity contribution in [2.24, 2.45) is 5.84 Å². The van der Waals surface area contributed by atoms with Crippen molar-refractivity contribution in [3.05, 3.63) is 74.9 Å². The predicted octanol–water partition coefficient (Wildman–Crippen LogP) is 3.25. The van der Waals surface area contributed by atoms with Gasteiger partial charge in [-0.25, -0.2) is 20.2 Å². The van der Waals surface area contributed by atoms with Crippen LogP contribution in [0.1, 0.15) is 5.82 Å². The number of nitrogens with two attached hydrogens (primary N) is 1. The highest BCUT2D eigenvalue weighted by atomic mass is 35.5. The Morgan fingerprint density at radius 2 is 1.62 bits per heavy atom. The number of aromatic nitrogens is 3. The van der Waals surface area contributed by atoms with E-state index >= 15 is 0 Å². The van der Waals surface area contributed by atoms with Crippen molar-refractivity contribution >= 4 is 34.8 Å². The molecule has 0 amide bonds. The summed E-state index contributed by atoms with van der Waals surface area (Å²) in [6.45, 7) is 1.66. The Hall–Kier alpha value is -2.41. The highest BCUT2D eigenvalue weighted by Gasteiger charge is 2.17. The van der Waals surface area contributed by atoms with Crippen LogP contribution in [0.4, 0.5) is 11.6 Å². The molecule has 0 saturated heterocycles. The number of para-hydroxylation sites is 2. The van der Waals surface area contributed by atoms with Crippen molar-refractivity contribution in [2.75, 3.05) is 5.01 Å². The van der Waals surface area contributed by atoms with E-state index in [-0.39, 0.29) is 5.95 Å². The Morgan fingerprint density at radius 3 is 2.21 bits per heavy atom. The highest BCUT2D eigenvalue weighted by Crippen LogP contribution is 2.28. The van der Waals surface area contributed by atoms with Crippen LogP contribution in [-0.2, 0) is 0 Å². The fourth-order valence-corrected chi connectivity index (χ4v) is 2.83. The van der Waals surface area contributed by atoms with Gasteiger partial charge in [0.1, 0.15) is 5.82 Å². The van der Waals surface area contributed by atoms with Gasteiger partial charge in [-0.1, -0.05) is 47.5 Å². The number of hydrogen-bond donors (Lipinski definition) is 1. The first-order chi connectivity index (χ1) is 11.5. The van der Waals surface area contributed by atoms with Gasteiger partial charge in [-0.3, -0.25) is 0 Å². The van der Waals surface area contributed by atoms with Crippen LogP contribution < -0.4 is 16.5 Å². The van der Waals surface area contributed by atoms with E-state index in [1.54, 1.807) is 37.3 Å². The molecule has 1 aromatic heterocycles. The molecule has 0 aliphatic rings. The minimum atomic E-state index is -0.570. The normalized spacial score (nSPS) is 10.7. The van der Waals surface area contributed by atoms with E-state index in [0.717, 1.165) is 0 Å². The number of hydrazine groups is 1. The summed E-state index contributed by atoms with van der Waals surface area (Å²) in [5.41, 5.74) is 0.432. The molecule has 8 heteroatoms. The van der Waals surface area contributed by atoms with Crippen molar-refractivity contribution in [3.63, 3.8) is 0 Å². The smallest absolute Gasteiger partial charge is 0.246 e. The van der Waals surface area contributed by atoms with Gasteiger partial charge in [0.15, 0.2) is 0 Å². The molecule has 0 radical (unpaired) electrons. The third kappa shape index (κ3) is 2.99. The number of rotatable bonds is 3. The van der Waals surface area contributed by atoms with Crippen LogP contribution in [0.3, 0.4) is 0 Å². The van der Waals surface area contributed by atoms with Crippen molar-refractivity contribution in [2.45, 2.75) is 6.92 Å². The van der Waals surface area contributed by atoms with Crippen LogP contribution in [-0.4, -0.2) is 14.5 Å². The Kier molecular flexibility index (Phi) is 4.53. The van der Waals surface area contributed by atoms with Gasteiger partial charge in [0.25, 0.3) is 5.95 Å². The Labute approximate surface area is 148 Å². The van der Waals surface area contributed by atoms with Gasteiger partial charge in [0, 0.05) is 0 Å². The summed E-state index contributed by atoms with van der Waals surface area (Å²) in [5, 5.41) is 1.90. The second-order valence-corrected chi connectivity index (χ2v) is 5.78. The zero-order valence-electron chi connectivity index (χ0n) is 12.6. The summed E-state index contributed by atoms with van der Waals surface area (Å²) in [7, 11) is 0. The fraction of sp³-hybridized carbons (Fsp3) is 0.0625. The summed E-state index contributed by atoms with van der Waals surface area (Å²) < 4.78 is 1.26. The average Bonchev–Trinajstić information content (AvgIpc) is 2.57. The minimum Gasteiger partial charge on any atom is -0.246 e. The van der Waals surface area contributed by atoms with Crippen molar-refractivity contribution in [1.82, 2.24) is 14.5 Å². The monoisotopic (exact) mass is 361 g/mol. The van der Waals surface area contributed by atoms with E-state index in [1.807, 2.05) is 18.2 Å². The molecule has 2 N–H and O–H groups in total. The zero-order chi connectivity index (χ0) is 17.3. The van der Waals surface area contributed by atoms with Gasteiger partial charge >= 0.3 is 5.69 Å². The van der Waals surface area contributed by atoms with Gasteiger partial charge in [-0.15, -0.1) is 0 Å². The molecule has 0 aliphatic carbocycles. The topological polar surface area (TPSA) is 77.0 Å². The molecule has 3 rings (SSSR count). The number of aryl methyl sites for hydroxylation is 1. The summed E-state index contributed by atoms with van der Waals surface area (Å²) in [6.07, 6.45) is 0. The van der Waals surface area contributed by atoms with Crippen molar-refractivity contribution in [1.29, 1.82) is 0 Å². The van der Waals surface area contributed by atoms with Crippen LogP contribution in [0.15, 0.2) is 53.3 Å². The number of halogens is 2. The van der Waals surface area contributed by atoms with Crippen LogP contribution in [0.2, 0.25) is 10.0 Å². The molecule has 0 bridgehead atoms. The average molecular weight is 362 g/mol. The molecule has 0 aliphatic heterocycles. The molecule has 3 aromatic rings.